The van der Waals surface area contributed by atoms with Gasteiger partial charge in [-0.2, -0.15) is 0 Å². The molecule has 232 valence electrons. The number of fused-ring (bicyclic) bond motifs is 1. The van der Waals surface area contributed by atoms with Crippen molar-refractivity contribution in [2.75, 3.05) is 25.4 Å². The lowest BCUT2D eigenvalue weighted by atomic mass is 9.87. The molecule has 0 saturated carbocycles. The Morgan fingerprint density at radius 2 is 1.59 bits per heavy atom. The predicted octanol–water partition coefficient (Wildman–Crippen LogP) is 6.93. The van der Waals surface area contributed by atoms with Crippen molar-refractivity contribution in [3.8, 4) is 5.75 Å². The molecule has 4 aromatic carbocycles. The van der Waals surface area contributed by atoms with E-state index < -0.39 is 21.6 Å². The van der Waals surface area contributed by atoms with Gasteiger partial charge in [0.05, 0.1) is 29.9 Å². The molecule has 9 heteroatoms. The Bertz CT molecular complexity index is 1650. The van der Waals surface area contributed by atoms with E-state index in [-0.39, 0.29) is 29.3 Å². The minimum absolute atomic E-state index is 0.0430. The maximum absolute atomic E-state index is 12.6. The van der Waals surface area contributed by atoms with Crippen molar-refractivity contribution in [3.63, 3.8) is 0 Å². The van der Waals surface area contributed by atoms with Gasteiger partial charge < -0.3 is 19.0 Å². The zero-order chi connectivity index (χ0) is 31.2. The van der Waals surface area contributed by atoms with E-state index in [0.29, 0.717) is 31.9 Å². The van der Waals surface area contributed by atoms with Gasteiger partial charge in [-0.15, -0.1) is 5.06 Å². The molecular weight excluding hydrogens is 578 g/mol. The summed E-state index contributed by atoms with van der Waals surface area (Å²) in [5.74, 6) is 0.525. The van der Waals surface area contributed by atoms with E-state index in [1.54, 1.807) is 56.2 Å². The number of hydrogen-bond donors (Lipinski definition) is 0. The number of nitrogens with zero attached hydrogens (tertiary/aromatic N) is 1. The second-order valence-corrected chi connectivity index (χ2v) is 14.0. The fraction of sp³-hybridized carbons (Fsp3) is 0.343. The molecule has 0 bridgehead atoms. The second-order valence-electron chi connectivity index (χ2n) is 11.9. The summed E-state index contributed by atoms with van der Waals surface area (Å²) in [5, 5.41) is 3.93. The van der Waals surface area contributed by atoms with Crippen LogP contribution in [0.3, 0.4) is 0 Å². The van der Waals surface area contributed by atoms with E-state index in [2.05, 4.69) is 30.3 Å². The number of carbonyl (C=O) groups excluding carboxylic acids is 1. The molecule has 0 amide bonds. The number of piperidine rings is 1. The smallest absolute Gasteiger partial charge is 0.493 e. The first-order valence-corrected chi connectivity index (χ1v) is 16.5. The highest BCUT2D eigenvalue weighted by molar-refractivity contribution is 7.91. The van der Waals surface area contributed by atoms with Crippen molar-refractivity contribution in [1.29, 1.82) is 0 Å². The Morgan fingerprint density at radius 1 is 0.886 bits per heavy atom. The number of carbonyl (C=O) groups is 1. The van der Waals surface area contributed by atoms with Gasteiger partial charge in [0.2, 0.25) is 0 Å². The lowest BCUT2D eigenvalue weighted by molar-refractivity contribution is -0.179. The van der Waals surface area contributed by atoms with E-state index in [0.717, 1.165) is 16.5 Å². The molecule has 1 aliphatic heterocycles. The van der Waals surface area contributed by atoms with Gasteiger partial charge in [0.15, 0.2) is 9.84 Å². The zero-order valence-electron chi connectivity index (χ0n) is 25.3. The summed E-state index contributed by atoms with van der Waals surface area (Å²) in [6, 6.07) is 30.6. The third kappa shape index (κ3) is 8.59. The lowest BCUT2D eigenvalue weighted by Crippen LogP contribution is -2.45. The fourth-order valence-electron chi connectivity index (χ4n) is 5.25. The molecule has 4 aromatic rings. The first-order valence-electron chi connectivity index (χ1n) is 14.8. The van der Waals surface area contributed by atoms with E-state index >= 15 is 0 Å². The van der Waals surface area contributed by atoms with Crippen molar-refractivity contribution in [3.05, 3.63) is 108 Å². The van der Waals surface area contributed by atoms with Gasteiger partial charge >= 0.3 is 6.16 Å². The number of sulfone groups is 1. The fourth-order valence-corrected chi connectivity index (χ4v) is 6.36. The standard InChI is InChI=1S/C35H39NO7S/c1-35(2,3)42-34(37)43-36-20-19-32(33(24-36)41-25-26-13-14-27-9-7-8-10-29(27)23-26)28-15-17-30(18-16-28)40-21-22-44(38,39)31-11-5-4-6-12-31/h4-18,23,32-33H,19-22,24-25H2,1-3H3. The molecule has 1 saturated heterocycles. The van der Waals surface area contributed by atoms with Crippen LogP contribution >= 0.6 is 0 Å². The van der Waals surface area contributed by atoms with Gasteiger partial charge in [0.25, 0.3) is 0 Å². The average molecular weight is 618 g/mol. The maximum atomic E-state index is 12.6. The number of benzene rings is 4. The van der Waals surface area contributed by atoms with E-state index in [4.69, 9.17) is 19.0 Å². The molecule has 8 nitrogen and oxygen atoms in total. The van der Waals surface area contributed by atoms with Crippen molar-refractivity contribution < 1.29 is 32.3 Å². The van der Waals surface area contributed by atoms with Crippen LogP contribution in [0.25, 0.3) is 10.8 Å². The first-order chi connectivity index (χ1) is 21.1. The SMILES string of the molecule is CC(C)(C)OC(=O)ON1CCC(c2ccc(OCCS(=O)(=O)c3ccccc3)cc2)C(OCc2ccc3ccccc3c2)C1. The van der Waals surface area contributed by atoms with Crippen LogP contribution < -0.4 is 4.74 Å². The minimum Gasteiger partial charge on any atom is -0.493 e. The number of ether oxygens (including phenoxy) is 3. The molecule has 44 heavy (non-hydrogen) atoms. The Labute approximate surface area is 259 Å². The molecule has 2 unspecified atom stereocenters. The van der Waals surface area contributed by atoms with Crippen LogP contribution in [-0.2, 0) is 30.8 Å². The Kier molecular flexibility index (Phi) is 9.88. The van der Waals surface area contributed by atoms with Crippen molar-refractivity contribution >= 4 is 26.8 Å². The highest BCUT2D eigenvalue weighted by atomic mass is 32.2. The Hall–Kier alpha value is -3.92. The van der Waals surface area contributed by atoms with Crippen molar-refractivity contribution in [1.82, 2.24) is 5.06 Å². The molecule has 2 atom stereocenters. The molecular formula is C35H39NO7S. The predicted molar refractivity (Wildman–Crippen MR) is 169 cm³/mol. The molecule has 5 rings (SSSR count). The van der Waals surface area contributed by atoms with Crippen LogP contribution in [-0.4, -0.2) is 56.8 Å². The molecule has 1 fully saturated rings. The molecule has 0 aliphatic carbocycles. The Morgan fingerprint density at radius 3 is 2.32 bits per heavy atom. The molecule has 1 heterocycles. The van der Waals surface area contributed by atoms with E-state index in [9.17, 15) is 13.2 Å². The van der Waals surface area contributed by atoms with Gasteiger partial charge in [-0.3, -0.25) is 0 Å². The summed E-state index contributed by atoms with van der Waals surface area (Å²) in [5.41, 5.74) is 1.47. The van der Waals surface area contributed by atoms with Gasteiger partial charge in [0, 0.05) is 12.5 Å². The first kappa shape index (κ1) is 31.5. The quantitative estimate of drug-likeness (QED) is 0.177. The van der Waals surface area contributed by atoms with Crippen LogP contribution in [0, 0.1) is 0 Å². The molecule has 0 radical (unpaired) electrons. The van der Waals surface area contributed by atoms with E-state index in [1.807, 2.05) is 36.4 Å². The largest absolute Gasteiger partial charge is 0.528 e. The average Bonchev–Trinajstić information content (AvgIpc) is 3.00. The van der Waals surface area contributed by atoms with Gasteiger partial charge in [-0.1, -0.05) is 66.7 Å². The highest BCUT2D eigenvalue weighted by Crippen LogP contribution is 2.33. The molecule has 0 N–H and O–H groups in total. The maximum Gasteiger partial charge on any atom is 0.528 e. The monoisotopic (exact) mass is 617 g/mol. The van der Waals surface area contributed by atoms with Crippen molar-refractivity contribution in [2.24, 2.45) is 0 Å². The third-order valence-corrected chi connectivity index (χ3v) is 9.12. The molecule has 1 aliphatic rings. The summed E-state index contributed by atoms with van der Waals surface area (Å²) >= 11 is 0. The minimum atomic E-state index is -3.42. The number of hydrogen-bond acceptors (Lipinski definition) is 8. The summed E-state index contributed by atoms with van der Waals surface area (Å²) in [6.07, 6.45) is -0.304. The molecule has 0 aromatic heterocycles. The van der Waals surface area contributed by atoms with Crippen LogP contribution in [0.2, 0.25) is 0 Å². The third-order valence-electron chi connectivity index (χ3n) is 7.42. The summed E-state index contributed by atoms with van der Waals surface area (Å²) in [6.45, 7) is 6.75. The van der Waals surface area contributed by atoms with Crippen molar-refractivity contribution in [2.45, 2.75) is 56.3 Å². The summed E-state index contributed by atoms with van der Waals surface area (Å²) in [7, 11) is -3.42. The van der Waals surface area contributed by atoms with Crippen LogP contribution in [0.4, 0.5) is 4.79 Å². The highest BCUT2D eigenvalue weighted by Gasteiger charge is 2.34. The normalized spacial score (nSPS) is 17.7. The summed E-state index contributed by atoms with van der Waals surface area (Å²) < 4.78 is 42.8. The number of hydroxylamine groups is 2. The van der Waals surface area contributed by atoms with Gasteiger partial charge in [-0.25, -0.2) is 13.2 Å². The lowest BCUT2D eigenvalue weighted by Gasteiger charge is -2.37. The van der Waals surface area contributed by atoms with E-state index in [1.165, 1.54) is 5.39 Å². The van der Waals surface area contributed by atoms with Gasteiger partial charge in [-0.05, 0) is 79.4 Å². The topological polar surface area (TPSA) is 91.4 Å². The Balaban J connectivity index is 1.24. The van der Waals surface area contributed by atoms with Crippen LogP contribution in [0.1, 0.15) is 44.2 Å². The summed E-state index contributed by atoms with van der Waals surface area (Å²) in [4.78, 5) is 18.2. The van der Waals surface area contributed by atoms with Crippen LogP contribution in [0.15, 0.2) is 102 Å². The van der Waals surface area contributed by atoms with Crippen LogP contribution in [0.5, 0.6) is 5.75 Å². The number of rotatable bonds is 10. The zero-order valence-corrected chi connectivity index (χ0v) is 26.2. The molecule has 0 spiro atoms. The van der Waals surface area contributed by atoms with Gasteiger partial charge in [0.1, 0.15) is 18.0 Å². The second kappa shape index (κ2) is 13.8.